The van der Waals surface area contributed by atoms with Crippen LogP contribution in [0.1, 0.15) is 17.4 Å². The number of para-hydroxylation sites is 1. The van der Waals surface area contributed by atoms with E-state index in [4.69, 9.17) is 21.9 Å². The average Bonchev–Trinajstić information content (AvgIpc) is 2.87. The second-order valence-electron chi connectivity index (χ2n) is 4.43. The molecule has 0 radical (unpaired) electrons. The first-order valence-corrected chi connectivity index (χ1v) is 6.47. The predicted octanol–water partition coefficient (Wildman–Crippen LogP) is 3.78. The number of fused-ring (bicyclic) bond motifs is 1. The summed E-state index contributed by atoms with van der Waals surface area (Å²) in [6, 6.07) is 13.6. The van der Waals surface area contributed by atoms with Gasteiger partial charge in [-0.15, -0.1) is 0 Å². The second kappa shape index (κ2) is 5.25. The molecule has 3 nitrogen and oxygen atoms in total. The van der Waals surface area contributed by atoms with Gasteiger partial charge in [-0.1, -0.05) is 41.9 Å². The van der Waals surface area contributed by atoms with Crippen LogP contribution >= 0.6 is 11.6 Å². The maximum Gasteiger partial charge on any atom is 0.147 e. The molecular formula is C15H12ClFN2O. The molecule has 0 fully saturated rings. The predicted molar refractivity (Wildman–Crippen MR) is 76.8 cm³/mol. The summed E-state index contributed by atoms with van der Waals surface area (Å²) in [5.74, 6) is 5.59. The summed E-state index contributed by atoms with van der Waals surface area (Å²) in [6.45, 7) is 0. The Kier molecular flexibility index (Phi) is 3.44. The molecule has 0 saturated heterocycles. The van der Waals surface area contributed by atoms with E-state index in [0.29, 0.717) is 11.3 Å². The minimum Gasteiger partial charge on any atom is -0.459 e. The van der Waals surface area contributed by atoms with E-state index in [1.165, 1.54) is 6.07 Å². The molecule has 3 aromatic rings. The van der Waals surface area contributed by atoms with Crippen LogP contribution in [0.25, 0.3) is 11.0 Å². The number of nitrogens with two attached hydrogens (primary N) is 1. The van der Waals surface area contributed by atoms with Crippen molar-refractivity contribution in [3.63, 3.8) is 0 Å². The number of halogens is 2. The van der Waals surface area contributed by atoms with Gasteiger partial charge in [0.2, 0.25) is 0 Å². The van der Waals surface area contributed by atoms with Crippen molar-refractivity contribution in [3.8, 4) is 0 Å². The fourth-order valence-corrected chi connectivity index (χ4v) is 2.40. The summed E-state index contributed by atoms with van der Waals surface area (Å²) in [6.07, 6.45) is 0. The molecule has 2 aromatic carbocycles. The third-order valence-electron chi connectivity index (χ3n) is 3.19. The molecule has 0 saturated carbocycles. The first-order chi connectivity index (χ1) is 9.70. The SMILES string of the molecule is NNC(c1cc2ccccc2o1)c1cccc(Cl)c1F. The quantitative estimate of drug-likeness (QED) is 0.570. The van der Waals surface area contributed by atoms with Crippen LogP contribution in [-0.4, -0.2) is 0 Å². The van der Waals surface area contributed by atoms with Crippen LogP contribution in [0.3, 0.4) is 0 Å². The van der Waals surface area contributed by atoms with Crippen LogP contribution in [0.15, 0.2) is 52.9 Å². The first-order valence-electron chi connectivity index (χ1n) is 6.09. The Morgan fingerprint density at radius 2 is 1.95 bits per heavy atom. The number of rotatable bonds is 3. The molecule has 3 N–H and O–H groups in total. The van der Waals surface area contributed by atoms with E-state index in [0.717, 1.165) is 11.0 Å². The molecule has 20 heavy (non-hydrogen) atoms. The van der Waals surface area contributed by atoms with Gasteiger partial charge < -0.3 is 4.42 Å². The fraction of sp³-hybridized carbons (Fsp3) is 0.0667. The molecule has 0 aliphatic carbocycles. The lowest BCUT2D eigenvalue weighted by Crippen LogP contribution is -2.29. The normalized spacial score (nSPS) is 12.8. The van der Waals surface area contributed by atoms with Gasteiger partial charge in [-0.2, -0.15) is 0 Å². The fourth-order valence-electron chi connectivity index (χ4n) is 2.21. The highest BCUT2D eigenvalue weighted by Crippen LogP contribution is 2.31. The maximum absolute atomic E-state index is 14.1. The Balaban J connectivity index is 2.11. The van der Waals surface area contributed by atoms with Gasteiger partial charge in [0.1, 0.15) is 23.2 Å². The number of benzene rings is 2. The van der Waals surface area contributed by atoms with Gasteiger partial charge in [-0.3, -0.25) is 5.84 Å². The van der Waals surface area contributed by atoms with Gasteiger partial charge in [0, 0.05) is 10.9 Å². The van der Waals surface area contributed by atoms with Crippen molar-refractivity contribution in [2.24, 2.45) is 5.84 Å². The average molecular weight is 291 g/mol. The molecule has 0 aliphatic heterocycles. The smallest absolute Gasteiger partial charge is 0.147 e. The molecule has 1 unspecified atom stereocenters. The standard InChI is InChI=1S/C15H12ClFN2O/c16-11-6-3-5-10(14(11)17)15(19-18)13-8-9-4-1-2-7-12(9)20-13/h1-8,15,19H,18H2. The van der Waals surface area contributed by atoms with E-state index in [-0.39, 0.29) is 5.02 Å². The summed E-state index contributed by atoms with van der Waals surface area (Å²) in [7, 11) is 0. The summed E-state index contributed by atoms with van der Waals surface area (Å²) in [5, 5.41) is 0.990. The summed E-state index contributed by atoms with van der Waals surface area (Å²) >= 11 is 5.81. The lowest BCUT2D eigenvalue weighted by Gasteiger charge is -2.15. The summed E-state index contributed by atoms with van der Waals surface area (Å²) in [4.78, 5) is 0. The summed E-state index contributed by atoms with van der Waals surface area (Å²) < 4.78 is 19.8. The van der Waals surface area contributed by atoms with Crippen LogP contribution in [0, 0.1) is 5.82 Å². The van der Waals surface area contributed by atoms with Crippen molar-refractivity contribution in [1.82, 2.24) is 5.43 Å². The molecule has 102 valence electrons. The molecule has 1 atom stereocenters. The van der Waals surface area contributed by atoms with Crippen molar-refractivity contribution in [3.05, 3.63) is 70.7 Å². The molecule has 5 heteroatoms. The molecule has 0 bridgehead atoms. The minimum atomic E-state index is -0.596. The van der Waals surface area contributed by atoms with E-state index >= 15 is 0 Å². The van der Waals surface area contributed by atoms with Crippen molar-refractivity contribution < 1.29 is 8.81 Å². The Bertz CT molecular complexity index is 723. The Morgan fingerprint density at radius 1 is 1.15 bits per heavy atom. The van der Waals surface area contributed by atoms with Crippen LogP contribution in [0.2, 0.25) is 5.02 Å². The Hall–Kier alpha value is -1.88. The summed E-state index contributed by atoms with van der Waals surface area (Å²) in [5.41, 5.74) is 3.64. The lowest BCUT2D eigenvalue weighted by atomic mass is 10.0. The van der Waals surface area contributed by atoms with Crippen molar-refractivity contribution in [1.29, 1.82) is 0 Å². The van der Waals surface area contributed by atoms with Crippen LogP contribution in [0.4, 0.5) is 4.39 Å². The number of hydrazine groups is 1. The largest absolute Gasteiger partial charge is 0.459 e. The van der Waals surface area contributed by atoms with E-state index in [9.17, 15) is 4.39 Å². The monoisotopic (exact) mass is 290 g/mol. The molecule has 1 aromatic heterocycles. The van der Waals surface area contributed by atoms with E-state index in [1.807, 2.05) is 30.3 Å². The van der Waals surface area contributed by atoms with E-state index < -0.39 is 11.9 Å². The van der Waals surface area contributed by atoms with Crippen molar-refractivity contribution in [2.75, 3.05) is 0 Å². The Labute approximate surface area is 120 Å². The highest BCUT2D eigenvalue weighted by molar-refractivity contribution is 6.30. The third kappa shape index (κ3) is 2.18. The number of hydrogen-bond donors (Lipinski definition) is 2. The molecular weight excluding hydrogens is 279 g/mol. The van der Waals surface area contributed by atoms with Crippen LogP contribution in [0.5, 0.6) is 0 Å². The maximum atomic E-state index is 14.1. The van der Waals surface area contributed by atoms with Gasteiger partial charge >= 0.3 is 0 Å². The second-order valence-corrected chi connectivity index (χ2v) is 4.84. The Morgan fingerprint density at radius 3 is 2.70 bits per heavy atom. The number of hydrogen-bond acceptors (Lipinski definition) is 3. The lowest BCUT2D eigenvalue weighted by molar-refractivity contribution is 0.463. The van der Waals surface area contributed by atoms with E-state index in [1.54, 1.807) is 12.1 Å². The van der Waals surface area contributed by atoms with Gasteiger partial charge in [-0.05, 0) is 18.2 Å². The highest BCUT2D eigenvalue weighted by Gasteiger charge is 2.21. The van der Waals surface area contributed by atoms with Crippen molar-refractivity contribution in [2.45, 2.75) is 6.04 Å². The van der Waals surface area contributed by atoms with E-state index in [2.05, 4.69) is 5.43 Å². The van der Waals surface area contributed by atoms with Gasteiger partial charge in [0.25, 0.3) is 0 Å². The number of furan rings is 1. The zero-order chi connectivity index (χ0) is 14.1. The zero-order valence-corrected chi connectivity index (χ0v) is 11.2. The minimum absolute atomic E-state index is 0.0545. The first kappa shape index (κ1) is 13.1. The molecule has 0 amide bonds. The highest BCUT2D eigenvalue weighted by atomic mass is 35.5. The van der Waals surface area contributed by atoms with Crippen LogP contribution in [-0.2, 0) is 0 Å². The van der Waals surface area contributed by atoms with Gasteiger partial charge in [0.05, 0.1) is 5.02 Å². The third-order valence-corrected chi connectivity index (χ3v) is 3.48. The molecule has 3 rings (SSSR count). The molecule has 0 spiro atoms. The van der Waals surface area contributed by atoms with Crippen molar-refractivity contribution >= 4 is 22.6 Å². The zero-order valence-electron chi connectivity index (χ0n) is 10.4. The van der Waals surface area contributed by atoms with Gasteiger partial charge in [-0.25, -0.2) is 9.82 Å². The molecule has 1 heterocycles. The number of nitrogens with one attached hydrogen (secondary N) is 1. The van der Waals surface area contributed by atoms with Crippen LogP contribution < -0.4 is 11.3 Å². The van der Waals surface area contributed by atoms with Gasteiger partial charge in [0.15, 0.2) is 0 Å². The molecule has 0 aliphatic rings. The topological polar surface area (TPSA) is 51.2 Å².